The van der Waals surface area contributed by atoms with Gasteiger partial charge in [-0.05, 0) is 38.2 Å². The Hall–Kier alpha value is -1.07. The lowest BCUT2D eigenvalue weighted by Crippen LogP contribution is -2.09. The summed E-state index contributed by atoms with van der Waals surface area (Å²) in [6.07, 6.45) is 10.9. The number of fused-ring (bicyclic) bond motifs is 1. The van der Waals surface area contributed by atoms with Gasteiger partial charge in [0.2, 0.25) is 0 Å². The number of aryl methyl sites for hydroxylation is 2. The van der Waals surface area contributed by atoms with Gasteiger partial charge in [0, 0.05) is 23.5 Å². The minimum Gasteiger partial charge on any atom is -0.360 e. The lowest BCUT2D eigenvalue weighted by atomic mass is 10.3. The Morgan fingerprint density at radius 3 is 2.68 bits per heavy atom. The van der Waals surface area contributed by atoms with Crippen molar-refractivity contribution in [3.05, 3.63) is 23.8 Å². The summed E-state index contributed by atoms with van der Waals surface area (Å²) < 4.78 is 7.85. The van der Waals surface area contributed by atoms with Gasteiger partial charge < -0.3 is 9.30 Å². The largest absolute Gasteiger partial charge is 0.360 e. The van der Waals surface area contributed by atoms with Crippen molar-refractivity contribution in [2.75, 3.05) is 31.1 Å². The van der Waals surface area contributed by atoms with E-state index in [9.17, 15) is 0 Å². The Labute approximate surface area is 116 Å². The van der Waals surface area contributed by atoms with Gasteiger partial charge in [-0.1, -0.05) is 0 Å². The van der Waals surface area contributed by atoms with Crippen molar-refractivity contribution >= 4 is 21.1 Å². The van der Waals surface area contributed by atoms with Crippen molar-refractivity contribution < 1.29 is 4.74 Å². The number of ether oxygens (including phenoxy) is 1. The molecule has 2 aromatic rings. The molecule has 0 aliphatic rings. The monoisotopic (exact) mass is 281 g/mol. The van der Waals surface area contributed by atoms with Crippen LogP contribution in [0.3, 0.4) is 0 Å². The Bertz CT molecular complexity index is 572. The third kappa shape index (κ3) is 3.70. The summed E-state index contributed by atoms with van der Waals surface area (Å²) in [4.78, 5) is 8.75. The van der Waals surface area contributed by atoms with Gasteiger partial charge >= 0.3 is 0 Å². The fraction of sp³-hybridized carbons (Fsp3) is 0.571. The van der Waals surface area contributed by atoms with Crippen molar-refractivity contribution in [1.82, 2.24) is 14.5 Å². The number of hydrogen-bond acceptors (Lipinski definition) is 3. The molecule has 0 amide bonds. The van der Waals surface area contributed by atoms with Crippen molar-refractivity contribution in [2.24, 2.45) is 0 Å². The summed E-state index contributed by atoms with van der Waals surface area (Å²) in [6, 6.07) is 0. The second-order valence-electron chi connectivity index (χ2n) is 5.77. The van der Waals surface area contributed by atoms with E-state index < -0.39 is 10.0 Å². The Morgan fingerprint density at radius 2 is 2.00 bits per heavy atom. The molecule has 0 aliphatic carbocycles. The van der Waals surface area contributed by atoms with Gasteiger partial charge in [-0.15, -0.1) is 0 Å². The highest BCUT2D eigenvalue weighted by molar-refractivity contribution is 8.32. The van der Waals surface area contributed by atoms with Crippen LogP contribution >= 0.6 is 10.0 Å². The van der Waals surface area contributed by atoms with Crippen molar-refractivity contribution in [3.63, 3.8) is 0 Å². The van der Waals surface area contributed by atoms with Gasteiger partial charge in [0.1, 0.15) is 18.2 Å². The molecule has 0 atom stereocenters. The van der Waals surface area contributed by atoms with Crippen LogP contribution in [0.2, 0.25) is 0 Å². The number of aromatic nitrogens is 3. The standard InChI is InChI=1S/C14H23N3OS/c1-11-9-17(10-18-6-7-19(3,4)5)14-13(11)8-15-12(2)16-14/h8-9H,6-7,10H2,1-5H3. The summed E-state index contributed by atoms with van der Waals surface area (Å²) in [5.41, 5.74) is 2.16. The van der Waals surface area contributed by atoms with Crippen LogP contribution in [0.15, 0.2) is 12.4 Å². The topological polar surface area (TPSA) is 39.9 Å². The van der Waals surface area contributed by atoms with Gasteiger partial charge in [-0.3, -0.25) is 0 Å². The first-order chi connectivity index (χ1) is 8.87. The van der Waals surface area contributed by atoms with Crippen LogP contribution in [0.1, 0.15) is 11.4 Å². The van der Waals surface area contributed by atoms with Crippen LogP contribution in [-0.4, -0.2) is 45.7 Å². The Kier molecular flexibility index (Phi) is 4.16. The summed E-state index contributed by atoms with van der Waals surface area (Å²) >= 11 is 0. The first-order valence-electron chi connectivity index (χ1n) is 6.40. The first kappa shape index (κ1) is 14.3. The molecule has 0 aromatic carbocycles. The number of nitrogens with zero attached hydrogens (tertiary/aromatic N) is 3. The molecular formula is C14H23N3OS. The molecule has 0 fully saturated rings. The fourth-order valence-corrected chi connectivity index (χ4v) is 2.51. The second kappa shape index (κ2) is 5.51. The molecule has 0 saturated heterocycles. The van der Waals surface area contributed by atoms with Gasteiger partial charge in [0.05, 0.1) is 6.61 Å². The number of hydrogen-bond donors (Lipinski definition) is 0. The van der Waals surface area contributed by atoms with Crippen LogP contribution in [0, 0.1) is 13.8 Å². The molecule has 0 unspecified atom stereocenters. The third-order valence-corrected chi connectivity index (χ3v) is 4.40. The van der Waals surface area contributed by atoms with Gasteiger partial charge in [-0.25, -0.2) is 20.0 Å². The minimum absolute atomic E-state index is 0.482. The van der Waals surface area contributed by atoms with E-state index in [1.807, 2.05) is 13.1 Å². The molecule has 0 bridgehead atoms. The average Bonchev–Trinajstić information content (AvgIpc) is 2.60. The van der Waals surface area contributed by atoms with E-state index in [1.165, 1.54) is 5.56 Å². The highest BCUT2D eigenvalue weighted by atomic mass is 32.3. The minimum atomic E-state index is -0.482. The van der Waals surface area contributed by atoms with Gasteiger partial charge in [0.15, 0.2) is 0 Å². The number of rotatable bonds is 5. The SMILES string of the molecule is Cc1ncc2c(C)cn(COCCS(C)(C)C)c2n1. The molecular weight excluding hydrogens is 258 g/mol. The molecule has 2 heterocycles. The average molecular weight is 281 g/mol. The maximum absolute atomic E-state index is 5.78. The van der Waals surface area contributed by atoms with Crippen LogP contribution < -0.4 is 0 Å². The predicted molar refractivity (Wildman–Crippen MR) is 83.2 cm³/mol. The molecule has 106 valence electrons. The van der Waals surface area contributed by atoms with Crippen molar-refractivity contribution in [3.8, 4) is 0 Å². The molecule has 19 heavy (non-hydrogen) atoms. The van der Waals surface area contributed by atoms with Crippen LogP contribution in [0.5, 0.6) is 0 Å². The van der Waals surface area contributed by atoms with E-state index in [0.717, 1.165) is 29.2 Å². The maximum atomic E-state index is 5.78. The normalized spacial score (nSPS) is 13.1. The molecule has 0 radical (unpaired) electrons. The van der Waals surface area contributed by atoms with E-state index in [1.54, 1.807) is 0 Å². The highest BCUT2D eigenvalue weighted by Crippen LogP contribution is 2.33. The quantitative estimate of drug-likeness (QED) is 0.791. The lowest BCUT2D eigenvalue weighted by Gasteiger charge is -2.24. The smallest absolute Gasteiger partial charge is 0.145 e. The van der Waals surface area contributed by atoms with Gasteiger partial charge in [-0.2, -0.15) is 0 Å². The summed E-state index contributed by atoms with van der Waals surface area (Å²) in [5.74, 6) is 1.94. The maximum Gasteiger partial charge on any atom is 0.145 e. The zero-order valence-corrected chi connectivity index (χ0v) is 13.3. The summed E-state index contributed by atoms with van der Waals surface area (Å²) in [7, 11) is -0.482. The highest BCUT2D eigenvalue weighted by Gasteiger charge is 2.08. The van der Waals surface area contributed by atoms with Crippen molar-refractivity contribution in [1.29, 1.82) is 0 Å². The van der Waals surface area contributed by atoms with Crippen molar-refractivity contribution in [2.45, 2.75) is 20.6 Å². The first-order valence-corrected chi connectivity index (χ1v) is 9.42. The molecule has 0 aliphatic heterocycles. The molecule has 0 N–H and O–H groups in total. The molecule has 5 heteroatoms. The summed E-state index contributed by atoms with van der Waals surface area (Å²) in [5, 5.41) is 1.11. The molecule has 0 spiro atoms. The van der Waals surface area contributed by atoms with E-state index in [0.29, 0.717) is 6.73 Å². The van der Waals surface area contributed by atoms with Crippen LogP contribution in [0.4, 0.5) is 0 Å². The lowest BCUT2D eigenvalue weighted by molar-refractivity contribution is 0.0923. The third-order valence-electron chi connectivity index (χ3n) is 3.01. The fourth-order valence-electron chi connectivity index (χ4n) is 1.89. The van der Waals surface area contributed by atoms with Crippen LogP contribution in [0.25, 0.3) is 11.0 Å². The summed E-state index contributed by atoms with van der Waals surface area (Å²) in [6.45, 7) is 5.37. The molecule has 4 nitrogen and oxygen atoms in total. The zero-order chi connectivity index (χ0) is 14.0. The predicted octanol–water partition coefficient (Wildman–Crippen LogP) is 2.72. The zero-order valence-electron chi connectivity index (χ0n) is 12.4. The van der Waals surface area contributed by atoms with Gasteiger partial charge in [0.25, 0.3) is 0 Å². The van der Waals surface area contributed by atoms with E-state index in [4.69, 9.17) is 4.74 Å². The molecule has 2 rings (SSSR count). The molecule has 0 saturated carbocycles. The molecule has 2 aromatic heterocycles. The Morgan fingerprint density at radius 1 is 1.26 bits per heavy atom. The van der Waals surface area contributed by atoms with E-state index in [-0.39, 0.29) is 0 Å². The Balaban J connectivity index is 2.07. The van der Waals surface area contributed by atoms with E-state index >= 15 is 0 Å². The second-order valence-corrected chi connectivity index (χ2v) is 10.4. The van der Waals surface area contributed by atoms with Crippen LogP contribution in [-0.2, 0) is 11.5 Å². The van der Waals surface area contributed by atoms with E-state index in [2.05, 4.69) is 46.4 Å².